The van der Waals surface area contributed by atoms with E-state index in [9.17, 15) is 14.4 Å². The molecule has 218 valence electrons. The molecule has 0 aliphatic carbocycles. The molecule has 1 fully saturated rings. The second-order valence-corrected chi connectivity index (χ2v) is 10.1. The SMILES string of the molecule is C=CCN/C=C(\CC=C)C[C@@H](NC(=O)N1CCN(C(=O)c2cccnc2)CC1)C(=O)Nc1cccc(CN(C)C)c1. The second-order valence-electron chi connectivity index (χ2n) is 10.1. The van der Waals surface area contributed by atoms with E-state index in [2.05, 4.69) is 39.0 Å². The van der Waals surface area contributed by atoms with Crippen molar-refractivity contribution in [2.24, 2.45) is 0 Å². The Bertz CT molecular complexity index is 1220. The Kier molecular flexibility index (Phi) is 12.1. The van der Waals surface area contributed by atoms with Gasteiger partial charge >= 0.3 is 6.03 Å². The highest BCUT2D eigenvalue weighted by molar-refractivity contribution is 5.97. The van der Waals surface area contributed by atoms with Crippen molar-refractivity contribution in [3.8, 4) is 0 Å². The number of anilines is 1. The van der Waals surface area contributed by atoms with Gasteiger partial charge in [-0.1, -0.05) is 24.3 Å². The molecule has 1 aliphatic rings. The molecule has 0 saturated carbocycles. The summed E-state index contributed by atoms with van der Waals surface area (Å²) in [6.45, 7) is 10.4. The molecule has 0 spiro atoms. The first-order valence-corrected chi connectivity index (χ1v) is 13.7. The number of rotatable bonds is 13. The molecule has 1 atom stereocenters. The van der Waals surface area contributed by atoms with E-state index in [0.717, 1.165) is 17.7 Å². The molecule has 3 rings (SSSR count). The summed E-state index contributed by atoms with van der Waals surface area (Å²) in [6.07, 6.45) is 9.36. The molecule has 4 amide bonds. The smallest absolute Gasteiger partial charge is 0.318 e. The number of carbonyl (C=O) groups excluding carboxylic acids is 3. The van der Waals surface area contributed by atoms with E-state index >= 15 is 0 Å². The van der Waals surface area contributed by atoms with E-state index in [1.54, 1.807) is 46.5 Å². The first-order valence-electron chi connectivity index (χ1n) is 13.7. The molecule has 0 radical (unpaired) electrons. The molecular formula is C31H41N7O3. The lowest BCUT2D eigenvalue weighted by molar-refractivity contribution is -0.118. The van der Waals surface area contributed by atoms with Crippen LogP contribution in [0.1, 0.15) is 28.8 Å². The highest BCUT2D eigenvalue weighted by atomic mass is 16.2. The van der Waals surface area contributed by atoms with E-state index in [1.165, 1.54) is 0 Å². The Morgan fingerprint density at radius 2 is 1.80 bits per heavy atom. The molecule has 1 aliphatic heterocycles. The molecule has 0 unspecified atom stereocenters. The lowest BCUT2D eigenvalue weighted by Gasteiger charge is -2.35. The Morgan fingerprint density at radius 3 is 2.46 bits per heavy atom. The Hall–Kier alpha value is -4.44. The number of amides is 4. The number of hydrogen-bond acceptors (Lipinski definition) is 6. The lowest BCUT2D eigenvalue weighted by atomic mass is 10.0. The van der Waals surface area contributed by atoms with E-state index in [-0.39, 0.29) is 17.8 Å². The maximum Gasteiger partial charge on any atom is 0.318 e. The van der Waals surface area contributed by atoms with Gasteiger partial charge in [0.15, 0.2) is 0 Å². The molecule has 41 heavy (non-hydrogen) atoms. The number of benzene rings is 1. The van der Waals surface area contributed by atoms with Gasteiger partial charge in [0.1, 0.15) is 6.04 Å². The van der Waals surface area contributed by atoms with Crippen molar-refractivity contribution >= 4 is 23.5 Å². The van der Waals surface area contributed by atoms with Gasteiger partial charge in [-0.05, 0) is 68.5 Å². The minimum Gasteiger partial charge on any atom is -0.387 e. The third-order valence-electron chi connectivity index (χ3n) is 6.51. The molecule has 10 heteroatoms. The number of nitrogens with zero attached hydrogens (tertiary/aromatic N) is 4. The summed E-state index contributed by atoms with van der Waals surface area (Å²) in [5, 5.41) is 9.07. The number of piperazine rings is 1. The predicted molar refractivity (Wildman–Crippen MR) is 162 cm³/mol. The van der Waals surface area contributed by atoms with Crippen molar-refractivity contribution < 1.29 is 14.4 Å². The van der Waals surface area contributed by atoms with Gasteiger partial charge in [0.25, 0.3) is 5.91 Å². The number of urea groups is 1. The molecular weight excluding hydrogens is 518 g/mol. The van der Waals surface area contributed by atoms with Crippen LogP contribution in [0.4, 0.5) is 10.5 Å². The number of carbonyl (C=O) groups is 3. The van der Waals surface area contributed by atoms with Crippen molar-refractivity contribution in [1.82, 2.24) is 30.3 Å². The van der Waals surface area contributed by atoms with Crippen LogP contribution in [0.25, 0.3) is 0 Å². The normalized spacial score (nSPS) is 14.3. The quantitative estimate of drug-likeness (QED) is 0.257. The van der Waals surface area contributed by atoms with E-state index < -0.39 is 6.04 Å². The van der Waals surface area contributed by atoms with Gasteiger partial charge in [-0.15, -0.1) is 13.2 Å². The van der Waals surface area contributed by atoms with Crippen molar-refractivity contribution in [2.45, 2.75) is 25.4 Å². The fraction of sp³-hybridized carbons (Fsp3) is 0.355. The highest BCUT2D eigenvalue weighted by Crippen LogP contribution is 2.16. The highest BCUT2D eigenvalue weighted by Gasteiger charge is 2.28. The van der Waals surface area contributed by atoms with Crippen molar-refractivity contribution in [2.75, 3.05) is 52.1 Å². The van der Waals surface area contributed by atoms with Crippen molar-refractivity contribution in [3.05, 3.63) is 97.0 Å². The van der Waals surface area contributed by atoms with E-state index in [1.807, 2.05) is 44.6 Å². The van der Waals surface area contributed by atoms with Crippen LogP contribution in [-0.4, -0.2) is 90.4 Å². The Balaban J connectivity index is 1.70. The predicted octanol–water partition coefficient (Wildman–Crippen LogP) is 3.24. The molecule has 2 heterocycles. The molecule has 1 saturated heterocycles. The number of allylic oxidation sites excluding steroid dienone is 1. The zero-order valence-electron chi connectivity index (χ0n) is 24.0. The third-order valence-corrected chi connectivity index (χ3v) is 6.51. The van der Waals surface area contributed by atoms with Gasteiger partial charge in [-0.25, -0.2) is 4.79 Å². The zero-order valence-corrected chi connectivity index (χ0v) is 24.0. The topological polar surface area (TPSA) is 110 Å². The minimum atomic E-state index is -0.827. The average Bonchev–Trinajstić information content (AvgIpc) is 2.97. The molecule has 1 aromatic heterocycles. The van der Waals surface area contributed by atoms with Crippen molar-refractivity contribution in [3.63, 3.8) is 0 Å². The summed E-state index contributed by atoms with van der Waals surface area (Å²) >= 11 is 0. The van der Waals surface area contributed by atoms with Crippen LogP contribution in [-0.2, 0) is 11.3 Å². The molecule has 2 aromatic rings. The Morgan fingerprint density at radius 1 is 1.05 bits per heavy atom. The maximum absolute atomic E-state index is 13.5. The van der Waals surface area contributed by atoms with Gasteiger partial charge in [-0.3, -0.25) is 14.6 Å². The first-order chi connectivity index (χ1) is 19.8. The van der Waals surface area contributed by atoms with E-state index in [0.29, 0.717) is 56.8 Å². The van der Waals surface area contributed by atoms with Crippen LogP contribution in [0.2, 0.25) is 0 Å². The first kappa shape index (κ1) is 31.1. The third kappa shape index (κ3) is 9.91. The molecule has 1 aromatic carbocycles. The van der Waals surface area contributed by atoms with E-state index in [4.69, 9.17) is 0 Å². The molecule has 0 bridgehead atoms. The van der Waals surface area contributed by atoms with Gasteiger partial charge in [0.2, 0.25) is 5.91 Å². The van der Waals surface area contributed by atoms with Gasteiger partial charge in [0, 0.05) is 57.3 Å². The number of pyridine rings is 1. The van der Waals surface area contributed by atoms with Gasteiger partial charge < -0.3 is 30.7 Å². The van der Waals surface area contributed by atoms with Gasteiger partial charge in [-0.2, -0.15) is 0 Å². The summed E-state index contributed by atoms with van der Waals surface area (Å²) in [7, 11) is 3.97. The summed E-state index contributed by atoms with van der Waals surface area (Å²) in [6, 6.07) is 9.94. The van der Waals surface area contributed by atoms with Crippen LogP contribution in [0.15, 0.2) is 85.9 Å². The standard InChI is InChI=1S/C31H41N7O3/c1-5-9-24(21-32-13-6-2)20-28(29(39)34-27-12-7-10-25(19-27)23-36(3)4)35-31(41)38-17-15-37(16-18-38)30(40)26-11-8-14-33-22-26/h5-8,10-12,14,19,21-22,28,32H,1-2,9,13,15-18,20,23H2,3-4H3,(H,34,39)(H,35,41)/b24-21+/t28-/m1/s1. The monoisotopic (exact) mass is 559 g/mol. The fourth-order valence-corrected chi connectivity index (χ4v) is 4.51. The van der Waals surface area contributed by atoms with Crippen LogP contribution < -0.4 is 16.0 Å². The molecule has 3 N–H and O–H groups in total. The van der Waals surface area contributed by atoms with Crippen LogP contribution >= 0.6 is 0 Å². The Labute approximate surface area is 242 Å². The maximum atomic E-state index is 13.5. The summed E-state index contributed by atoms with van der Waals surface area (Å²) < 4.78 is 0. The zero-order chi connectivity index (χ0) is 29.6. The number of hydrogen-bond donors (Lipinski definition) is 3. The second kappa shape index (κ2) is 16.0. The minimum absolute atomic E-state index is 0.113. The lowest BCUT2D eigenvalue weighted by Crippen LogP contribution is -2.56. The molecule has 10 nitrogen and oxygen atoms in total. The van der Waals surface area contributed by atoms with Crippen molar-refractivity contribution in [1.29, 1.82) is 0 Å². The van der Waals surface area contributed by atoms with Crippen LogP contribution in [0.3, 0.4) is 0 Å². The number of aromatic nitrogens is 1. The summed E-state index contributed by atoms with van der Waals surface area (Å²) in [5.74, 6) is -0.428. The summed E-state index contributed by atoms with van der Waals surface area (Å²) in [4.78, 5) is 49.1. The fourth-order valence-electron chi connectivity index (χ4n) is 4.51. The van der Waals surface area contributed by atoms with Crippen LogP contribution in [0.5, 0.6) is 0 Å². The largest absolute Gasteiger partial charge is 0.387 e. The number of nitrogens with one attached hydrogen (secondary N) is 3. The van der Waals surface area contributed by atoms with Gasteiger partial charge in [0.05, 0.1) is 5.56 Å². The summed E-state index contributed by atoms with van der Waals surface area (Å²) in [5.41, 5.74) is 3.15. The average molecular weight is 560 g/mol. The van der Waals surface area contributed by atoms with Crippen LogP contribution in [0, 0.1) is 0 Å².